The summed E-state index contributed by atoms with van der Waals surface area (Å²) in [6.07, 6.45) is 2.26. The van der Waals surface area contributed by atoms with E-state index in [-0.39, 0.29) is 11.3 Å². The minimum absolute atomic E-state index is 0.0488. The number of Topliss-reactive ketones (excluding diaryl/α,β-unsaturated/α-hetero) is 1. The van der Waals surface area contributed by atoms with E-state index in [1.54, 1.807) is 24.3 Å². The van der Waals surface area contributed by atoms with E-state index in [2.05, 4.69) is 76.3 Å². The molecule has 0 spiro atoms. The van der Waals surface area contributed by atoms with Gasteiger partial charge < -0.3 is 14.8 Å². The van der Waals surface area contributed by atoms with Gasteiger partial charge in [-0.2, -0.15) is 0 Å². The minimum atomic E-state index is -0.469. The van der Waals surface area contributed by atoms with Crippen molar-refractivity contribution in [2.45, 2.75) is 60.6 Å². The number of carbonyl (C=O) groups is 2. The van der Waals surface area contributed by atoms with Gasteiger partial charge in [-0.05, 0) is 118 Å². The Labute approximate surface area is 248 Å². The largest absolute Gasteiger partial charge is 0.489 e. The molecular formula is C37H37NO4. The van der Waals surface area contributed by atoms with Crippen LogP contribution in [0, 0.1) is 20.8 Å². The lowest BCUT2D eigenvalue weighted by Crippen LogP contribution is -2.32. The van der Waals surface area contributed by atoms with Crippen molar-refractivity contribution in [2.75, 3.05) is 5.32 Å². The number of anilines is 1. The van der Waals surface area contributed by atoms with Crippen LogP contribution >= 0.6 is 0 Å². The number of fused-ring (bicyclic) bond motifs is 1. The molecule has 4 aromatic rings. The van der Waals surface area contributed by atoms with Crippen molar-refractivity contribution >= 4 is 23.0 Å². The molecule has 5 heteroatoms. The molecule has 42 heavy (non-hydrogen) atoms. The van der Waals surface area contributed by atoms with E-state index in [0.29, 0.717) is 23.5 Å². The fraction of sp³-hybridized carbons (Fsp3) is 0.243. The second kappa shape index (κ2) is 11.3. The summed E-state index contributed by atoms with van der Waals surface area (Å²) < 4.78 is 12.2. The van der Waals surface area contributed by atoms with E-state index >= 15 is 0 Å². The minimum Gasteiger partial charge on any atom is -0.489 e. The van der Waals surface area contributed by atoms with Gasteiger partial charge in [-0.15, -0.1) is 0 Å². The number of carbonyl (C=O) groups excluding carboxylic acids is 2. The van der Waals surface area contributed by atoms with E-state index in [1.807, 2.05) is 25.1 Å². The molecule has 5 rings (SSSR count). The van der Waals surface area contributed by atoms with Crippen LogP contribution in [0.4, 0.5) is 5.69 Å². The average Bonchev–Trinajstić information content (AvgIpc) is 2.93. The van der Waals surface area contributed by atoms with Gasteiger partial charge in [-0.25, -0.2) is 4.79 Å². The third-order valence-corrected chi connectivity index (χ3v) is 7.68. The molecule has 0 bridgehead atoms. The first kappa shape index (κ1) is 28.9. The summed E-state index contributed by atoms with van der Waals surface area (Å²) in [6.45, 7) is 14.5. The zero-order chi connectivity index (χ0) is 30.2. The Hall–Kier alpha value is -4.64. The smallest absolute Gasteiger partial charge is 0.343 e. The van der Waals surface area contributed by atoms with Crippen LogP contribution in [0.3, 0.4) is 0 Å². The topological polar surface area (TPSA) is 64.6 Å². The maximum Gasteiger partial charge on any atom is 0.343 e. The van der Waals surface area contributed by atoms with Crippen molar-refractivity contribution in [3.63, 3.8) is 0 Å². The Morgan fingerprint density at radius 2 is 1.48 bits per heavy atom. The second-order valence-corrected chi connectivity index (χ2v) is 11.7. The van der Waals surface area contributed by atoms with Gasteiger partial charge in [0.2, 0.25) is 0 Å². The molecule has 4 aromatic carbocycles. The number of benzene rings is 4. The van der Waals surface area contributed by atoms with Crippen LogP contribution in [0.2, 0.25) is 0 Å². The van der Waals surface area contributed by atoms with E-state index < -0.39 is 5.97 Å². The lowest BCUT2D eigenvalue weighted by atomic mass is 9.84. The van der Waals surface area contributed by atoms with Gasteiger partial charge in [0.25, 0.3) is 0 Å². The molecule has 0 radical (unpaired) electrons. The lowest BCUT2D eigenvalue weighted by molar-refractivity contribution is 0.0734. The van der Waals surface area contributed by atoms with E-state index in [1.165, 1.54) is 12.5 Å². The van der Waals surface area contributed by atoms with E-state index in [0.717, 1.165) is 50.4 Å². The number of hydrogen-bond acceptors (Lipinski definition) is 5. The molecule has 1 aliphatic heterocycles. The SMILES string of the molecule is CC(=O)c1ccc(C(=O)Oc2ccc(-c3ccc4c(c3COc3cc(C)ccc3C)C(C)=CC(C)(C)N4)c(C)c2)cc1. The molecule has 0 amide bonds. The average molecular weight is 560 g/mol. The van der Waals surface area contributed by atoms with Crippen LogP contribution in [0.5, 0.6) is 11.5 Å². The maximum atomic E-state index is 12.8. The Kier molecular flexibility index (Phi) is 7.79. The molecular weight excluding hydrogens is 522 g/mol. The Morgan fingerprint density at radius 1 is 0.786 bits per heavy atom. The van der Waals surface area contributed by atoms with Crippen molar-refractivity contribution in [2.24, 2.45) is 0 Å². The molecule has 214 valence electrons. The first-order valence-electron chi connectivity index (χ1n) is 14.2. The van der Waals surface area contributed by atoms with Crippen molar-refractivity contribution in [3.8, 4) is 22.6 Å². The Bertz CT molecular complexity index is 1730. The Balaban J connectivity index is 1.49. The highest BCUT2D eigenvalue weighted by molar-refractivity contribution is 5.96. The summed E-state index contributed by atoms with van der Waals surface area (Å²) in [6, 6.07) is 22.7. The molecule has 1 N–H and O–H groups in total. The van der Waals surface area contributed by atoms with Crippen LogP contribution in [0.25, 0.3) is 16.7 Å². The van der Waals surface area contributed by atoms with Gasteiger partial charge in [-0.1, -0.05) is 42.5 Å². The number of hydrogen-bond donors (Lipinski definition) is 1. The van der Waals surface area contributed by atoms with Crippen molar-refractivity contribution in [1.29, 1.82) is 0 Å². The number of ketones is 1. The molecule has 0 aliphatic carbocycles. The van der Waals surface area contributed by atoms with Crippen LogP contribution in [-0.2, 0) is 6.61 Å². The number of allylic oxidation sites excluding steroid dienone is 1. The predicted molar refractivity (Wildman–Crippen MR) is 170 cm³/mol. The van der Waals surface area contributed by atoms with Gasteiger partial charge in [0.15, 0.2) is 5.78 Å². The molecule has 5 nitrogen and oxygen atoms in total. The Morgan fingerprint density at radius 3 is 2.17 bits per heavy atom. The van der Waals surface area contributed by atoms with Crippen LogP contribution in [0.1, 0.15) is 76.2 Å². The number of ether oxygens (including phenoxy) is 2. The molecule has 0 unspecified atom stereocenters. The summed E-state index contributed by atoms with van der Waals surface area (Å²) >= 11 is 0. The van der Waals surface area contributed by atoms with Gasteiger partial charge in [0.05, 0.1) is 11.1 Å². The summed E-state index contributed by atoms with van der Waals surface area (Å²) in [7, 11) is 0. The van der Waals surface area contributed by atoms with Gasteiger partial charge >= 0.3 is 5.97 Å². The van der Waals surface area contributed by atoms with Crippen molar-refractivity contribution < 1.29 is 19.1 Å². The highest BCUT2D eigenvalue weighted by Crippen LogP contribution is 2.42. The molecule has 0 aromatic heterocycles. The maximum absolute atomic E-state index is 12.8. The van der Waals surface area contributed by atoms with E-state index in [4.69, 9.17) is 9.47 Å². The quantitative estimate of drug-likeness (QED) is 0.139. The summed E-state index contributed by atoms with van der Waals surface area (Å²) in [4.78, 5) is 24.4. The standard InChI is InChI=1S/C37H37NO4/c1-22-8-9-23(2)34(18-22)41-21-32-31(16-17-33-35(32)25(4)20-37(6,7)38-33)30-15-14-29(19-24(30)3)42-36(40)28-12-10-27(11-13-28)26(5)39/h8-20,38H,21H2,1-7H3. The third kappa shape index (κ3) is 6.01. The highest BCUT2D eigenvalue weighted by Gasteiger charge is 2.27. The summed E-state index contributed by atoms with van der Waals surface area (Å²) in [5.41, 5.74) is 10.7. The van der Waals surface area contributed by atoms with Gasteiger partial charge in [0.1, 0.15) is 18.1 Å². The first-order chi connectivity index (χ1) is 19.9. The number of rotatable bonds is 7. The summed E-state index contributed by atoms with van der Waals surface area (Å²) in [5, 5.41) is 3.67. The number of esters is 1. The summed E-state index contributed by atoms with van der Waals surface area (Å²) in [5.74, 6) is 0.817. The fourth-order valence-electron chi connectivity index (χ4n) is 5.62. The van der Waals surface area contributed by atoms with Crippen molar-refractivity contribution in [1.82, 2.24) is 0 Å². The van der Waals surface area contributed by atoms with E-state index in [9.17, 15) is 9.59 Å². The zero-order valence-electron chi connectivity index (χ0n) is 25.3. The molecule has 0 atom stereocenters. The number of aryl methyl sites for hydroxylation is 3. The molecule has 1 aliphatic rings. The highest BCUT2D eigenvalue weighted by atomic mass is 16.5. The first-order valence-corrected chi connectivity index (χ1v) is 14.2. The van der Waals surface area contributed by atoms with Gasteiger partial charge in [-0.3, -0.25) is 4.79 Å². The molecule has 0 saturated carbocycles. The molecule has 1 heterocycles. The molecule has 0 saturated heterocycles. The van der Waals surface area contributed by atoms with Crippen molar-refractivity contribution in [3.05, 3.63) is 118 Å². The van der Waals surface area contributed by atoms with Crippen LogP contribution < -0.4 is 14.8 Å². The fourth-order valence-corrected chi connectivity index (χ4v) is 5.62. The molecule has 0 fully saturated rings. The number of nitrogens with one attached hydrogen (secondary N) is 1. The lowest BCUT2D eigenvalue weighted by Gasteiger charge is -2.33. The monoisotopic (exact) mass is 559 g/mol. The van der Waals surface area contributed by atoms with Crippen LogP contribution in [-0.4, -0.2) is 17.3 Å². The normalized spacial score (nSPS) is 13.5. The van der Waals surface area contributed by atoms with Crippen LogP contribution in [0.15, 0.2) is 78.9 Å². The third-order valence-electron chi connectivity index (χ3n) is 7.68. The van der Waals surface area contributed by atoms with Gasteiger partial charge in [0, 0.05) is 22.4 Å². The zero-order valence-corrected chi connectivity index (χ0v) is 25.3. The predicted octanol–water partition coefficient (Wildman–Crippen LogP) is 8.89. The second-order valence-electron chi connectivity index (χ2n) is 11.7.